The van der Waals surface area contributed by atoms with Crippen molar-refractivity contribution in [1.82, 2.24) is 0 Å². The van der Waals surface area contributed by atoms with Gasteiger partial charge in [-0.05, 0) is 85.1 Å². The number of para-hydroxylation sites is 1. The zero-order valence-corrected chi connectivity index (χ0v) is 36.5. The number of halogens is 2. The molecular weight excluding hydrogens is 720 g/mol. The normalized spacial score (nSPS) is 28.0. The fraction of sp³-hybridized carbons (Fsp3) is 0.700. The molecule has 1 aromatic rings. The summed E-state index contributed by atoms with van der Waals surface area (Å²) in [4.78, 5) is 26.8. The van der Waals surface area contributed by atoms with Gasteiger partial charge in [-0.15, -0.1) is 0 Å². The molecule has 7 nitrogen and oxygen atoms in total. The molecular formula is C40H62Cl2O7Si2. The summed E-state index contributed by atoms with van der Waals surface area (Å²) in [5, 5.41) is 0.752. The van der Waals surface area contributed by atoms with Gasteiger partial charge in [-0.2, -0.15) is 0 Å². The molecule has 4 rings (SSSR count). The maximum absolute atomic E-state index is 14.0. The average Bonchev–Trinajstić information content (AvgIpc) is 2.98. The Morgan fingerprint density at radius 1 is 0.961 bits per heavy atom. The van der Waals surface area contributed by atoms with Crippen LogP contribution in [0.25, 0.3) is 0 Å². The van der Waals surface area contributed by atoms with Crippen molar-refractivity contribution in [3.63, 3.8) is 0 Å². The lowest BCUT2D eigenvalue weighted by Gasteiger charge is -2.46. The van der Waals surface area contributed by atoms with E-state index in [2.05, 4.69) is 92.9 Å². The van der Waals surface area contributed by atoms with E-state index in [0.717, 1.165) is 12.0 Å². The SMILES string of the molecule is CC[C@H](Oc1c(Cl)cccc1Cl)C(=O)OC1CC(O[Si](C)(C)C(C)(C)C)C=C2C=CC(C)C(CC[C@@H]3C[C@@H](O[Si](C)(C)C(C)(C)C)CC(=O)O3)C21. The van der Waals surface area contributed by atoms with E-state index in [0.29, 0.717) is 42.1 Å². The second-order valence-electron chi connectivity index (χ2n) is 17.9. The Bertz CT molecular complexity index is 1440. The van der Waals surface area contributed by atoms with E-state index in [9.17, 15) is 9.59 Å². The number of fused-ring (bicyclic) bond motifs is 1. The summed E-state index contributed by atoms with van der Waals surface area (Å²) in [5.74, 6) is -0.0200. The van der Waals surface area contributed by atoms with Crippen LogP contribution in [0.15, 0.2) is 42.0 Å². The van der Waals surface area contributed by atoms with Crippen molar-refractivity contribution < 1.29 is 32.7 Å². The number of allylic oxidation sites excluding steroid dienone is 2. The number of hydrogen-bond acceptors (Lipinski definition) is 7. The van der Waals surface area contributed by atoms with Crippen LogP contribution in [-0.2, 0) is 27.9 Å². The van der Waals surface area contributed by atoms with E-state index < -0.39 is 34.8 Å². The summed E-state index contributed by atoms with van der Waals surface area (Å²) < 4.78 is 32.2. The lowest BCUT2D eigenvalue weighted by Crippen LogP contribution is -2.49. The molecule has 0 bridgehead atoms. The van der Waals surface area contributed by atoms with Crippen LogP contribution >= 0.6 is 23.2 Å². The van der Waals surface area contributed by atoms with Crippen molar-refractivity contribution in [1.29, 1.82) is 0 Å². The van der Waals surface area contributed by atoms with Crippen LogP contribution in [0.2, 0.25) is 46.3 Å². The molecule has 0 aromatic heterocycles. The summed E-state index contributed by atoms with van der Waals surface area (Å²) in [7, 11) is -4.19. The molecule has 5 unspecified atom stereocenters. The number of rotatable bonds is 12. The molecule has 3 aliphatic rings. The number of benzene rings is 1. The number of carbonyl (C=O) groups excluding carboxylic acids is 2. The standard InChI is InChI=1S/C40H62Cl2O7Si2/c1-13-33(46-37-31(41)15-14-16-32(37)42)38(44)47-34-23-28(48-50(9,10)39(3,4)5)21-26-18-17-25(2)30(36(26)34)20-19-27-22-29(24-35(43)45-27)49-51(11,12)40(6,7)8/h14-18,21,25,27-30,33-34,36H,13,19-20,22-24H2,1-12H3/t25?,27-,28?,29-,30?,33+,34?,36?/m1/s1. The first-order valence-electron chi connectivity index (χ1n) is 18.8. The maximum atomic E-state index is 14.0. The smallest absolute Gasteiger partial charge is 0.347 e. The number of hydrogen-bond donors (Lipinski definition) is 0. The van der Waals surface area contributed by atoms with E-state index in [1.54, 1.807) is 18.2 Å². The van der Waals surface area contributed by atoms with Gasteiger partial charge in [-0.1, -0.05) is 103 Å². The Morgan fingerprint density at radius 2 is 1.57 bits per heavy atom. The van der Waals surface area contributed by atoms with E-state index in [1.165, 1.54) is 0 Å². The summed E-state index contributed by atoms with van der Waals surface area (Å²) >= 11 is 12.8. The largest absolute Gasteiger partial charge is 0.476 e. The van der Waals surface area contributed by atoms with Gasteiger partial charge < -0.3 is 23.1 Å². The number of cyclic esters (lactones) is 1. The van der Waals surface area contributed by atoms with Gasteiger partial charge in [0.05, 0.1) is 28.7 Å². The Kier molecular flexibility index (Phi) is 13.5. The molecule has 1 fully saturated rings. The number of ether oxygens (including phenoxy) is 3. The minimum absolute atomic E-state index is 0.0208. The van der Waals surface area contributed by atoms with Gasteiger partial charge in [-0.3, -0.25) is 4.79 Å². The third-order valence-electron chi connectivity index (χ3n) is 12.0. The zero-order chi connectivity index (χ0) is 38.1. The molecule has 51 heavy (non-hydrogen) atoms. The predicted octanol–water partition coefficient (Wildman–Crippen LogP) is 11.1. The second kappa shape index (κ2) is 16.4. The monoisotopic (exact) mass is 780 g/mol. The number of esters is 2. The number of carbonyl (C=O) groups is 2. The summed E-state index contributed by atoms with van der Waals surface area (Å²) in [6.45, 7) is 26.4. The molecule has 1 saturated heterocycles. The molecule has 0 radical (unpaired) electrons. The molecule has 1 aliphatic heterocycles. The van der Waals surface area contributed by atoms with E-state index in [-0.39, 0.29) is 57.9 Å². The van der Waals surface area contributed by atoms with Crippen molar-refractivity contribution in [2.75, 3.05) is 0 Å². The van der Waals surface area contributed by atoms with Crippen molar-refractivity contribution in [2.45, 2.75) is 161 Å². The zero-order valence-electron chi connectivity index (χ0n) is 32.9. The summed E-state index contributed by atoms with van der Waals surface area (Å²) in [5.41, 5.74) is 1.13. The van der Waals surface area contributed by atoms with Crippen LogP contribution in [0.3, 0.4) is 0 Å². The minimum Gasteiger partial charge on any atom is -0.476 e. The van der Waals surface area contributed by atoms with Gasteiger partial charge in [0, 0.05) is 18.8 Å². The van der Waals surface area contributed by atoms with Crippen LogP contribution < -0.4 is 4.74 Å². The highest BCUT2D eigenvalue weighted by atomic mass is 35.5. The minimum atomic E-state index is -2.14. The molecule has 8 atom stereocenters. The van der Waals surface area contributed by atoms with Crippen LogP contribution in [-0.4, -0.2) is 59.1 Å². The highest BCUT2D eigenvalue weighted by molar-refractivity contribution is 6.74. The van der Waals surface area contributed by atoms with E-state index >= 15 is 0 Å². The highest BCUT2D eigenvalue weighted by Crippen LogP contribution is 2.47. The van der Waals surface area contributed by atoms with Crippen LogP contribution in [0.4, 0.5) is 0 Å². The van der Waals surface area contributed by atoms with Crippen molar-refractivity contribution >= 4 is 51.8 Å². The fourth-order valence-corrected chi connectivity index (χ4v) is 10.1. The first kappa shape index (κ1) is 42.1. The Morgan fingerprint density at radius 3 is 2.16 bits per heavy atom. The lowest BCUT2D eigenvalue weighted by molar-refractivity contribution is -0.164. The highest BCUT2D eigenvalue weighted by Gasteiger charge is 2.47. The fourth-order valence-electron chi connectivity index (χ4n) is 6.95. The van der Waals surface area contributed by atoms with E-state index in [4.69, 9.17) is 46.3 Å². The van der Waals surface area contributed by atoms with Gasteiger partial charge in [-0.25, -0.2) is 4.79 Å². The molecule has 0 amide bonds. The van der Waals surface area contributed by atoms with Gasteiger partial charge >= 0.3 is 11.9 Å². The maximum Gasteiger partial charge on any atom is 0.347 e. The molecule has 0 N–H and O–H groups in total. The molecule has 0 spiro atoms. The average molecular weight is 782 g/mol. The topological polar surface area (TPSA) is 80.3 Å². The Hall–Kier alpha value is -1.63. The van der Waals surface area contributed by atoms with Crippen molar-refractivity contribution in [3.05, 3.63) is 52.0 Å². The molecule has 2 aliphatic carbocycles. The summed E-state index contributed by atoms with van der Waals surface area (Å²) in [6.07, 6.45) is 8.29. The van der Waals surface area contributed by atoms with Gasteiger partial charge in [0.1, 0.15) is 12.2 Å². The predicted molar refractivity (Wildman–Crippen MR) is 212 cm³/mol. The third kappa shape index (κ3) is 10.3. The van der Waals surface area contributed by atoms with Crippen LogP contribution in [0.5, 0.6) is 5.75 Å². The quantitative estimate of drug-likeness (QED) is 0.154. The van der Waals surface area contributed by atoms with Crippen LogP contribution in [0, 0.1) is 17.8 Å². The molecule has 1 aromatic carbocycles. The molecule has 11 heteroatoms. The Balaban J connectivity index is 1.58. The molecule has 0 saturated carbocycles. The molecule has 1 heterocycles. The molecule has 286 valence electrons. The summed E-state index contributed by atoms with van der Waals surface area (Å²) in [6, 6.07) is 5.12. The first-order valence-corrected chi connectivity index (χ1v) is 25.4. The van der Waals surface area contributed by atoms with Crippen molar-refractivity contribution in [2.24, 2.45) is 17.8 Å². The van der Waals surface area contributed by atoms with Gasteiger partial charge in [0.25, 0.3) is 0 Å². The second-order valence-corrected chi connectivity index (χ2v) is 28.2. The van der Waals surface area contributed by atoms with Crippen molar-refractivity contribution in [3.8, 4) is 5.75 Å². The van der Waals surface area contributed by atoms with E-state index in [1.807, 2.05) is 6.92 Å². The van der Waals surface area contributed by atoms with Gasteiger partial charge in [0.15, 0.2) is 28.5 Å². The lowest BCUT2D eigenvalue weighted by atomic mass is 9.66. The third-order valence-corrected chi connectivity index (χ3v) is 21.6. The van der Waals surface area contributed by atoms with Crippen LogP contribution in [0.1, 0.15) is 93.9 Å². The first-order chi connectivity index (χ1) is 23.5. The Labute approximate surface area is 319 Å². The van der Waals surface area contributed by atoms with Gasteiger partial charge in [0.2, 0.25) is 0 Å².